The third kappa shape index (κ3) is 2.20. The van der Waals surface area contributed by atoms with E-state index in [0.717, 1.165) is 18.5 Å². The summed E-state index contributed by atoms with van der Waals surface area (Å²) in [7, 11) is 0. The Labute approximate surface area is 125 Å². The van der Waals surface area contributed by atoms with Gasteiger partial charge in [0, 0.05) is 19.2 Å². The van der Waals surface area contributed by atoms with E-state index in [1.165, 1.54) is 24.0 Å². The molecule has 0 amide bonds. The van der Waals surface area contributed by atoms with Crippen LogP contribution in [0.25, 0.3) is 0 Å². The van der Waals surface area contributed by atoms with Gasteiger partial charge >= 0.3 is 0 Å². The summed E-state index contributed by atoms with van der Waals surface area (Å²) in [6, 6.07) is 8.77. The number of hydrogen-bond donors (Lipinski definition) is 1. The topological polar surface area (TPSA) is 38.0 Å². The summed E-state index contributed by atoms with van der Waals surface area (Å²) in [5, 5.41) is 14.9. The molecule has 4 atom stereocenters. The highest BCUT2D eigenvalue weighted by molar-refractivity contribution is 5.40. The Balaban J connectivity index is 1.49. The molecule has 2 aliphatic carbocycles. The molecule has 0 radical (unpaired) electrons. The quantitative estimate of drug-likeness (QED) is 0.936. The number of nitrogens with zero attached hydrogens (tertiary/aromatic N) is 2. The van der Waals surface area contributed by atoms with Gasteiger partial charge in [-0.05, 0) is 54.2 Å². The number of rotatable bonds is 4. The molecule has 3 nitrogen and oxygen atoms in total. The Morgan fingerprint density at radius 2 is 2.24 bits per heavy atom. The van der Waals surface area contributed by atoms with Crippen LogP contribution in [0.15, 0.2) is 36.7 Å². The molecule has 2 aliphatic rings. The lowest BCUT2D eigenvalue weighted by Gasteiger charge is -2.13. The molecule has 1 saturated carbocycles. The summed E-state index contributed by atoms with van der Waals surface area (Å²) in [5.74, 6) is 1.72. The van der Waals surface area contributed by atoms with Gasteiger partial charge in [0.15, 0.2) is 0 Å². The molecule has 0 aliphatic heterocycles. The highest BCUT2D eigenvalue weighted by atomic mass is 16.3. The molecule has 1 aromatic heterocycles. The highest BCUT2D eigenvalue weighted by Crippen LogP contribution is 2.61. The van der Waals surface area contributed by atoms with Crippen molar-refractivity contribution in [3.8, 4) is 0 Å². The molecule has 0 saturated heterocycles. The third-order valence-electron chi connectivity index (χ3n) is 5.29. The van der Waals surface area contributed by atoms with Crippen LogP contribution in [0.4, 0.5) is 0 Å². The molecular weight excluding hydrogens is 260 g/mol. The van der Waals surface area contributed by atoms with Crippen molar-refractivity contribution < 1.29 is 5.11 Å². The summed E-state index contributed by atoms with van der Waals surface area (Å²) in [4.78, 5) is 0. The summed E-state index contributed by atoms with van der Waals surface area (Å²) in [6.45, 7) is 2.97. The average Bonchev–Trinajstić information content (AvgIpc) is 3.10. The number of aliphatic hydroxyl groups is 1. The fourth-order valence-electron chi connectivity index (χ4n) is 4.21. The Kier molecular flexibility index (Phi) is 3.11. The fourth-order valence-corrected chi connectivity index (χ4v) is 4.21. The summed E-state index contributed by atoms with van der Waals surface area (Å²) in [5.41, 5.74) is 4.13. The van der Waals surface area contributed by atoms with Gasteiger partial charge in [-0.1, -0.05) is 24.3 Å². The van der Waals surface area contributed by atoms with Gasteiger partial charge in [0.25, 0.3) is 0 Å². The van der Waals surface area contributed by atoms with Crippen LogP contribution in [0, 0.1) is 11.8 Å². The van der Waals surface area contributed by atoms with Gasteiger partial charge in [-0.2, -0.15) is 5.10 Å². The number of aryl methyl sites for hydroxylation is 2. The molecule has 4 unspecified atom stereocenters. The minimum atomic E-state index is -0.235. The van der Waals surface area contributed by atoms with Gasteiger partial charge in [0.1, 0.15) is 0 Å². The van der Waals surface area contributed by atoms with E-state index in [4.69, 9.17) is 0 Å². The zero-order valence-electron chi connectivity index (χ0n) is 12.4. The number of aromatic nitrogens is 2. The minimum absolute atomic E-state index is 0.235. The molecule has 0 spiro atoms. The molecule has 4 rings (SSSR count). The van der Waals surface area contributed by atoms with Gasteiger partial charge in [0.2, 0.25) is 0 Å². The van der Waals surface area contributed by atoms with E-state index < -0.39 is 0 Å². The molecule has 3 heteroatoms. The van der Waals surface area contributed by atoms with Crippen molar-refractivity contribution >= 4 is 0 Å². The Morgan fingerprint density at radius 3 is 3.05 bits per heavy atom. The maximum Gasteiger partial charge on any atom is 0.0618 e. The second-order valence-electron chi connectivity index (χ2n) is 6.48. The molecule has 1 aromatic carbocycles. The largest absolute Gasteiger partial charge is 0.392 e. The van der Waals surface area contributed by atoms with Crippen molar-refractivity contribution in [2.45, 2.75) is 44.8 Å². The first kappa shape index (κ1) is 13.1. The monoisotopic (exact) mass is 282 g/mol. The Morgan fingerprint density at radius 1 is 1.38 bits per heavy atom. The van der Waals surface area contributed by atoms with Crippen molar-refractivity contribution in [1.82, 2.24) is 9.78 Å². The fraction of sp³-hybridized carbons (Fsp3) is 0.500. The first-order valence-electron chi connectivity index (χ1n) is 8.05. The van der Waals surface area contributed by atoms with Crippen molar-refractivity contribution in [2.75, 3.05) is 0 Å². The lowest BCUT2D eigenvalue weighted by Crippen LogP contribution is -2.14. The second-order valence-corrected chi connectivity index (χ2v) is 6.48. The first-order chi connectivity index (χ1) is 10.3. The predicted octanol–water partition coefficient (Wildman–Crippen LogP) is 2.78. The van der Waals surface area contributed by atoms with Crippen molar-refractivity contribution in [1.29, 1.82) is 0 Å². The number of fused-ring (bicyclic) bond motifs is 3. The van der Waals surface area contributed by atoms with E-state index >= 15 is 0 Å². The maximum absolute atomic E-state index is 10.6. The van der Waals surface area contributed by atoms with Crippen LogP contribution in [-0.2, 0) is 19.4 Å². The molecule has 21 heavy (non-hydrogen) atoms. The zero-order valence-corrected chi connectivity index (χ0v) is 12.4. The molecule has 0 bridgehead atoms. The molecule has 110 valence electrons. The van der Waals surface area contributed by atoms with Crippen LogP contribution in [0.2, 0.25) is 0 Å². The highest BCUT2D eigenvalue weighted by Gasteiger charge is 2.55. The van der Waals surface area contributed by atoms with E-state index in [9.17, 15) is 5.11 Å². The van der Waals surface area contributed by atoms with Crippen molar-refractivity contribution in [3.63, 3.8) is 0 Å². The Hall–Kier alpha value is -1.61. The van der Waals surface area contributed by atoms with Gasteiger partial charge in [-0.25, -0.2) is 0 Å². The van der Waals surface area contributed by atoms with Crippen LogP contribution < -0.4 is 0 Å². The number of aliphatic hydroxyl groups excluding tert-OH is 1. The summed E-state index contributed by atoms with van der Waals surface area (Å²) >= 11 is 0. The number of hydrogen-bond acceptors (Lipinski definition) is 2. The molecule has 2 aromatic rings. The molecule has 1 fully saturated rings. The van der Waals surface area contributed by atoms with Crippen LogP contribution in [-0.4, -0.2) is 21.0 Å². The minimum Gasteiger partial charge on any atom is -0.392 e. The summed E-state index contributed by atoms with van der Waals surface area (Å²) in [6.07, 6.45) is 6.86. The van der Waals surface area contributed by atoms with E-state index in [2.05, 4.69) is 42.5 Å². The van der Waals surface area contributed by atoms with Gasteiger partial charge in [0.05, 0.1) is 12.3 Å². The van der Waals surface area contributed by atoms with Crippen LogP contribution >= 0.6 is 0 Å². The van der Waals surface area contributed by atoms with Crippen LogP contribution in [0.1, 0.15) is 36.0 Å². The predicted molar refractivity (Wildman–Crippen MR) is 82.1 cm³/mol. The van der Waals surface area contributed by atoms with E-state index in [-0.39, 0.29) is 6.10 Å². The summed E-state index contributed by atoms with van der Waals surface area (Å²) < 4.78 is 1.93. The van der Waals surface area contributed by atoms with Gasteiger partial charge in [-0.3, -0.25) is 4.68 Å². The normalized spacial score (nSPS) is 27.8. The standard InChI is InChI=1S/C18H22N2O/c1-2-20-11-12(10-19-20)9-16(21)18-15-8-7-13-5-3-4-6-14(13)17(15)18/h3-6,10-11,15-18,21H,2,7-9H2,1H3. The van der Waals surface area contributed by atoms with Crippen LogP contribution in [0.3, 0.4) is 0 Å². The molecule has 1 heterocycles. The van der Waals surface area contributed by atoms with Crippen molar-refractivity contribution in [2.24, 2.45) is 11.8 Å². The molecular formula is C18H22N2O. The van der Waals surface area contributed by atoms with E-state index in [1.54, 1.807) is 0 Å². The maximum atomic E-state index is 10.6. The third-order valence-corrected chi connectivity index (χ3v) is 5.29. The first-order valence-corrected chi connectivity index (χ1v) is 8.05. The van der Waals surface area contributed by atoms with Crippen molar-refractivity contribution in [3.05, 3.63) is 53.3 Å². The smallest absolute Gasteiger partial charge is 0.0618 e. The van der Waals surface area contributed by atoms with Crippen LogP contribution in [0.5, 0.6) is 0 Å². The Bertz CT molecular complexity index is 648. The van der Waals surface area contributed by atoms with Gasteiger partial charge < -0.3 is 5.11 Å². The lowest BCUT2D eigenvalue weighted by atomic mass is 9.92. The zero-order chi connectivity index (χ0) is 14.4. The van der Waals surface area contributed by atoms with E-state index in [0.29, 0.717) is 17.8 Å². The molecule has 1 N–H and O–H groups in total. The van der Waals surface area contributed by atoms with E-state index in [1.807, 2.05) is 10.9 Å². The lowest BCUT2D eigenvalue weighted by molar-refractivity contribution is 0.143. The second kappa shape index (κ2) is 4.99. The number of benzene rings is 1. The SMILES string of the molecule is CCn1cc(CC(O)C2C3CCc4ccccc4C32)cn1. The van der Waals surface area contributed by atoms with Gasteiger partial charge in [-0.15, -0.1) is 0 Å². The average molecular weight is 282 g/mol.